The molecule has 1 heterocycles. The maximum atomic E-state index is 4.20. The van der Waals surface area contributed by atoms with Crippen LogP contribution in [0.4, 0.5) is 5.82 Å². The monoisotopic (exact) mass is 253 g/mol. The van der Waals surface area contributed by atoms with E-state index in [1.807, 2.05) is 12.3 Å². The van der Waals surface area contributed by atoms with Crippen LogP contribution in [-0.4, -0.2) is 22.8 Å². The average molecular weight is 253 g/mol. The van der Waals surface area contributed by atoms with Crippen molar-refractivity contribution in [3.8, 4) is 0 Å². The van der Waals surface area contributed by atoms with Gasteiger partial charge in [0.25, 0.3) is 0 Å². The van der Waals surface area contributed by atoms with Gasteiger partial charge >= 0.3 is 0 Å². The lowest BCUT2D eigenvalue weighted by atomic mass is 10.1. The Morgan fingerprint density at radius 3 is 2.65 bits per heavy atom. The van der Waals surface area contributed by atoms with Gasteiger partial charge in [0.2, 0.25) is 0 Å². The van der Waals surface area contributed by atoms with Crippen LogP contribution in [0.3, 0.4) is 0 Å². The van der Waals surface area contributed by atoms with Crippen LogP contribution in [0.15, 0.2) is 17.4 Å². The molecule has 0 radical (unpaired) electrons. The molecule has 1 N–H and O–H groups in total. The second-order valence-corrected chi connectivity index (χ2v) is 4.97. The van der Waals surface area contributed by atoms with Crippen LogP contribution in [0.1, 0.15) is 45.4 Å². The predicted molar refractivity (Wildman–Crippen MR) is 75.7 cm³/mol. The Kier molecular flexibility index (Phi) is 7.80. The van der Waals surface area contributed by atoms with Gasteiger partial charge in [0, 0.05) is 12.6 Å². The van der Waals surface area contributed by atoms with E-state index in [1.165, 1.54) is 38.5 Å². The second kappa shape index (κ2) is 9.28. The van der Waals surface area contributed by atoms with Gasteiger partial charge in [0.05, 0.1) is 0 Å². The maximum Gasteiger partial charge on any atom is 0.130 e. The minimum Gasteiger partial charge on any atom is -0.370 e. The number of anilines is 1. The highest BCUT2D eigenvalue weighted by Gasteiger charge is 1.96. The van der Waals surface area contributed by atoms with Gasteiger partial charge in [-0.3, -0.25) is 0 Å². The van der Waals surface area contributed by atoms with Crippen LogP contribution >= 0.6 is 11.8 Å². The first-order valence-electron chi connectivity index (χ1n) is 6.46. The molecule has 0 spiro atoms. The minimum absolute atomic E-state index is 0.943. The summed E-state index contributed by atoms with van der Waals surface area (Å²) in [5.41, 5.74) is 0. The summed E-state index contributed by atoms with van der Waals surface area (Å²) in [5.74, 6) is 0.943. The highest BCUT2D eigenvalue weighted by molar-refractivity contribution is 7.98. The van der Waals surface area contributed by atoms with E-state index in [0.29, 0.717) is 0 Å². The zero-order valence-corrected chi connectivity index (χ0v) is 11.7. The molecule has 0 bridgehead atoms. The van der Waals surface area contributed by atoms with E-state index in [-0.39, 0.29) is 0 Å². The fourth-order valence-electron chi connectivity index (χ4n) is 1.67. The summed E-state index contributed by atoms with van der Waals surface area (Å²) in [4.78, 5) is 8.35. The van der Waals surface area contributed by atoms with Gasteiger partial charge in [-0.05, 0) is 12.7 Å². The number of unbranched alkanes of at least 4 members (excludes halogenated alkanes) is 5. The molecule has 0 saturated carbocycles. The third-order valence-corrected chi connectivity index (χ3v) is 3.33. The fourth-order valence-corrected chi connectivity index (χ4v) is 2.05. The summed E-state index contributed by atoms with van der Waals surface area (Å²) in [5, 5.41) is 4.36. The van der Waals surface area contributed by atoms with E-state index < -0.39 is 0 Å². The number of hydrogen-bond acceptors (Lipinski definition) is 4. The molecule has 0 aliphatic heterocycles. The lowest BCUT2D eigenvalue weighted by molar-refractivity contribution is 0.616. The molecule has 17 heavy (non-hydrogen) atoms. The van der Waals surface area contributed by atoms with Gasteiger partial charge in [-0.15, -0.1) is 11.8 Å². The third kappa shape index (κ3) is 6.51. The van der Waals surface area contributed by atoms with Crippen LogP contribution in [0.25, 0.3) is 0 Å². The quantitative estimate of drug-likeness (QED) is 0.410. The van der Waals surface area contributed by atoms with Crippen molar-refractivity contribution in [3.63, 3.8) is 0 Å². The smallest absolute Gasteiger partial charge is 0.130 e. The van der Waals surface area contributed by atoms with Crippen molar-refractivity contribution in [2.45, 2.75) is 50.5 Å². The Hall–Kier alpha value is -0.770. The van der Waals surface area contributed by atoms with Crippen LogP contribution in [0.2, 0.25) is 0 Å². The number of thioether (sulfide) groups is 1. The van der Waals surface area contributed by atoms with E-state index in [4.69, 9.17) is 0 Å². The predicted octanol–water partition coefficient (Wildman–Crippen LogP) is 3.97. The van der Waals surface area contributed by atoms with Crippen LogP contribution < -0.4 is 5.32 Å². The number of nitrogens with one attached hydrogen (secondary N) is 1. The molecule has 96 valence electrons. The zero-order valence-electron chi connectivity index (χ0n) is 10.9. The molecule has 3 nitrogen and oxygen atoms in total. The molecule has 0 atom stereocenters. The Morgan fingerprint density at radius 1 is 1.12 bits per heavy atom. The highest BCUT2D eigenvalue weighted by Crippen LogP contribution is 2.13. The maximum absolute atomic E-state index is 4.20. The number of nitrogens with zero attached hydrogens (tertiary/aromatic N) is 2. The molecule has 0 amide bonds. The topological polar surface area (TPSA) is 37.8 Å². The lowest BCUT2D eigenvalue weighted by Crippen LogP contribution is -2.03. The third-order valence-electron chi connectivity index (χ3n) is 2.69. The fraction of sp³-hybridized carbons (Fsp3) is 0.692. The highest BCUT2D eigenvalue weighted by atomic mass is 32.2. The minimum atomic E-state index is 0.943. The first kappa shape index (κ1) is 14.3. The number of rotatable bonds is 9. The molecule has 0 unspecified atom stereocenters. The summed E-state index contributed by atoms with van der Waals surface area (Å²) < 4.78 is 0. The normalized spacial score (nSPS) is 10.5. The first-order valence-corrected chi connectivity index (χ1v) is 7.69. The van der Waals surface area contributed by atoms with E-state index in [1.54, 1.807) is 18.1 Å². The first-order chi connectivity index (χ1) is 8.36. The van der Waals surface area contributed by atoms with Crippen LogP contribution in [0.5, 0.6) is 0 Å². The Labute approximate surface area is 109 Å². The summed E-state index contributed by atoms with van der Waals surface area (Å²) in [7, 11) is 0. The van der Waals surface area contributed by atoms with Crippen molar-refractivity contribution >= 4 is 17.6 Å². The lowest BCUT2D eigenvalue weighted by Gasteiger charge is -2.05. The van der Waals surface area contributed by atoms with Crippen molar-refractivity contribution in [1.29, 1.82) is 0 Å². The van der Waals surface area contributed by atoms with Crippen molar-refractivity contribution in [1.82, 2.24) is 9.97 Å². The Bertz CT molecular complexity index is 304. The summed E-state index contributed by atoms with van der Waals surface area (Å²) >= 11 is 1.64. The molecule has 4 heteroatoms. The van der Waals surface area contributed by atoms with Crippen molar-refractivity contribution in [3.05, 3.63) is 12.4 Å². The van der Waals surface area contributed by atoms with E-state index in [2.05, 4.69) is 22.2 Å². The van der Waals surface area contributed by atoms with Gasteiger partial charge in [-0.2, -0.15) is 0 Å². The van der Waals surface area contributed by atoms with Gasteiger partial charge in [0.1, 0.15) is 17.2 Å². The Morgan fingerprint density at radius 2 is 1.88 bits per heavy atom. The van der Waals surface area contributed by atoms with Crippen molar-refractivity contribution in [2.75, 3.05) is 18.1 Å². The molecule has 1 aromatic heterocycles. The molecule has 0 aliphatic carbocycles. The van der Waals surface area contributed by atoms with E-state index >= 15 is 0 Å². The van der Waals surface area contributed by atoms with Gasteiger partial charge in [-0.25, -0.2) is 9.97 Å². The molecular formula is C13H23N3S. The van der Waals surface area contributed by atoms with Gasteiger partial charge < -0.3 is 5.32 Å². The van der Waals surface area contributed by atoms with Crippen LogP contribution in [-0.2, 0) is 0 Å². The molecule has 0 fully saturated rings. The van der Waals surface area contributed by atoms with Crippen molar-refractivity contribution < 1.29 is 0 Å². The van der Waals surface area contributed by atoms with E-state index in [9.17, 15) is 0 Å². The van der Waals surface area contributed by atoms with Gasteiger partial charge in [-0.1, -0.05) is 39.0 Å². The Balaban J connectivity index is 2.09. The molecule has 0 saturated heterocycles. The molecular weight excluding hydrogens is 230 g/mol. The standard InChI is InChI=1S/C13H23N3S/c1-3-4-5-6-7-8-9-14-12-10-13(17-2)16-11-15-12/h10-11H,3-9H2,1-2H3,(H,14,15,16). The summed E-state index contributed by atoms with van der Waals surface area (Å²) in [6, 6.07) is 2.00. The molecule has 0 aliphatic rings. The molecule has 1 aromatic rings. The van der Waals surface area contributed by atoms with E-state index in [0.717, 1.165) is 17.4 Å². The largest absolute Gasteiger partial charge is 0.370 e. The summed E-state index contributed by atoms with van der Waals surface area (Å²) in [6.45, 7) is 3.26. The van der Waals surface area contributed by atoms with Gasteiger partial charge in [0.15, 0.2) is 0 Å². The molecule has 0 aromatic carbocycles. The average Bonchev–Trinajstić information content (AvgIpc) is 2.38. The zero-order chi connectivity index (χ0) is 12.3. The second-order valence-electron chi connectivity index (χ2n) is 4.14. The number of aromatic nitrogens is 2. The molecule has 1 rings (SSSR count). The van der Waals surface area contributed by atoms with Crippen LogP contribution in [0, 0.1) is 0 Å². The SMILES string of the molecule is CCCCCCCCNc1cc(SC)ncn1. The summed E-state index contributed by atoms with van der Waals surface area (Å²) in [6.07, 6.45) is 11.6. The van der Waals surface area contributed by atoms with Crippen molar-refractivity contribution in [2.24, 2.45) is 0 Å². The number of hydrogen-bond donors (Lipinski definition) is 1.